The lowest BCUT2D eigenvalue weighted by atomic mass is 10.2. The van der Waals surface area contributed by atoms with Gasteiger partial charge in [0.25, 0.3) is 0 Å². The van der Waals surface area contributed by atoms with Gasteiger partial charge in [-0.2, -0.15) is 0 Å². The highest BCUT2D eigenvalue weighted by atomic mass is 16.5. The second-order valence-corrected chi connectivity index (χ2v) is 4.73. The summed E-state index contributed by atoms with van der Waals surface area (Å²) in [6.45, 7) is 7.41. The SMILES string of the molecule is CCCOc1cc(N)cc(N2CCOCC2C)c1. The highest BCUT2D eigenvalue weighted by Gasteiger charge is 2.19. The Kier molecular flexibility index (Phi) is 4.31. The molecule has 2 rings (SSSR count). The molecule has 0 spiro atoms. The van der Waals surface area contributed by atoms with Crippen LogP contribution in [0.2, 0.25) is 0 Å². The second-order valence-electron chi connectivity index (χ2n) is 4.73. The molecule has 0 aliphatic carbocycles. The summed E-state index contributed by atoms with van der Waals surface area (Å²) in [6, 6.07) is 6.32. The molecule has 1 unspecified atom stereocenters. The molecular weight excluding hydrogens is 228 g/mol. The highest BCUT2D eigenvalue weighted by Crippen LogP contribution is 2.28. The Morgan fingerprint density at radius 2 is 2.28 bits per heavy atom. The third kappa shape index (κ3) is 3.07. The van der Waals surface area contributed by atoms with Crippen LogP contribution >= 0.6 is 0 Å². The molecule has 1 aromatic rings. The number of nitrogens with two attached hydrogens (primary N) is 1. The van der Waals surface area contributed by atoms with Crippen LogP contribution in [0.1, 0.15) is 20.3 Å². The van der Waals surface area contributed by atoms with Gasteiger partial charge in [-0.15, -0.1) is 0 Å². The van der Waals surface area contributed by atoms with Crippen molar-refractivity contribution < 1.29 is 9.47 Å². The van der Waals surface area contributed by atoms with Crippen LogP contribution in [-0.4, -0.2) is 32.4 Å². The van der Waals surface area contributed by atoms with E-state index < -0.39 is 0 Å². The maximum absolute atomic E-state index is 5.95. The third-order valence-electron chi connectivity index (χ3n) is 3.09. The molecule has 0 saturated carbocycles. The van der Waals surface area contributed by atoms with Gasteiger partial charge < -0.3 is 20.1 Å². The van der Waals surface area contributed by atoms with Crippen molar-refractivity contribution in [2.24, 2.45) is 0 Å². The topological polar surface area (TPSA) is 47.7 Å². The molecule has 1 saturated heterocycles. The molecule has 4 nitrogen and oxygen atoms in total. The quantitative estimate of drug-likeness (QED) is 0.833. The first-order valence-corrected chi connectivity index (χ1v) is 6.58. The van der Waals surface area contributed by atoms with Crippen molar-refractivity contribution in [1.29, 1.82) is 0 Å². The fourth-order valence-corrected chi connectivity index (χ4v) is 2.19. The third-order valence-corrected chi connectivity index (χ3v) is 3.09. The minimum absolute atomic E-state index is 0.375. The standard InChI is InChI=1S/C14H22N2O2/c1-3-5-18-14-8-12(15)7-13(9-14)16-4-6-17-10-11(16)2/h7-9,11H,3-6,10,15H2,1-2H3. The van der Waals surface area contributed by atoms with Gasteiger partial charge in [-0.3, -0.25) is 0 Å². The largest absolute Gasteiger partial charge is 0.493 e. The molecule has 1 heterocycles. The van der Waals surface area contributed by atoms with Crippen LogP contribution in [-0.2, 0) is 4.74 Å². The molecule has 0 amide bonds. The van der Waals surface area contributed by atoms with Crippen LogP contribution in [0, 0.1) is 0 Å². The summed E-state index contributed by atoms with van der Waals surface area (Å²) in [5, 5.41) is 0. The first-order valence-electron chi connectivity index (χ1n) is 6.58. The predicted octanol–water partition coefficient (Wildman–Crippen LogP) is 2.28. The maximum Gasteiger partial charge on any atom is 0.123 e. The molecule has 1 atom stereocenters. The molecule has 0 radical (unpaired) electrons. The number of anilines is 2. The van der Waals surface area contributed by atoms with Gasteiger partial charge in [-0.25, -0.2) is 0 Å². The summed E-state index contributed by atoms with van der Waals surface area (Å²) in [5.74, 6) is 0.852. The van der Waals surface area contributed by atoms with Gasteiger partial charge in [0.15, 0.2) is 0 Å². The summed E-state index contributed by atoms with van der Waals surface area (Å²) in [5.41, 5.74) is 7.81. The molecule has 4 heteroatoms. The zero-order valence-corrected chi connectivity index (χ0v) is 11.2. The van der Waals surface area contributed by atoms with E-state index >= 15 is 0 Å². The van der Waals surface area contributed by atoms with Crippen molar-refractivity contribution in [3.8, 4) is 5.75 Å². The van der Waals surface area contributed by atoms with E-state index in [-0.39, 0.29) is 0 Å². The molecular formula is C14H22N2O2. The van der Waals surface area contributed by atoms with Gasteiger partial charge in [0, 0.05) is 36.1 Å². The number of nitrogens with zero attached hydrogens (tertiary/aromatic N) is 1. The lowest BCUT2D eigenvalue weighted by Gasteiger charge is -2.35. The average molecular weight is 250 g/mol. The van der Waals surface area contributed by atoms with Gasteiger partial charge in [-0.05, 0) is 19.4 Å². The molecule has 1 aromatic carbocycles. The van der Waals surface area contributed by atoms with Gasteiger partial charge in [-0.1, -0.05) is 6.92 Å². The van der Waals surface area contributed by atoms with E-state index in [1.54, 1.807) is 0 Å². The highest BCUT2D eigenvalue weighted by molar-refractivity contribution is 5.61. The van der Waals surface area contributed by atoms with Crippen LogP contribution < -0.4 is 15.4 Å². The van der Waals surface area contributed by atoms with Gasteiger partial charge in [0.2, 0.25) is 0 Å². The Balaban J connectivity index is 2.18. The monoisotopic (exact) mass is 250 g/mol. The van der Waals surface area contributed by atoms with E-state index in [1.807, 2.05) is 12.1 Å². The lowest BCUT2D eigenvalue weighted by Crippen LogP contribution is -2.43. The van der Waals surface area contributed by atoms with E-state index in [2.05, 4.69) is 24.8 Å². The molecule has 100 valence electrons. The van der Waals surface area contributed by atoms with Crippen LogP contribution in [0.15, 0.2) is 18.2 Å². The number of hydrogen-bond donors (Lipinski definition) is 1. The minimum Gasteiger partial charge on any atom is -0.493 e. The normalized spacial score (nSPS) is 19.9. The first kappa shape index (κ1) is 13.0. The van der Waals surface area contributed by atoms with E-state index in [0.29, 0.717) is 6.04 Å². The number of benzene rings is 1. The Labute approximate surface area is 109 Å². The number of nitrogen functional groups attached to an aromatic ring is 1. The molecule has 1 aliphatic rings. The zero-order valence-electron chi connectivity index (χ0n) is 11.2. The Morgan fingerprint density at radius 1 is 1.44 bits per heavy atom. The van der Waals surface area contributed by atoms with Crippen molar-refractivity contribution >= 4 is 11.4 Å². The van der Waals surface area contributed by atoms with E-state index in [1.165, 1.54) is 0 Å². The molecule has 1 aliphatic heterocycles. The number of hydrogen-bond acceptors (Lipinski definition) is 4. The van der Waals surface area contributed by atoms with Crippen molar-refractivity contribution in [2.45, 2.75) is 26.3 Å². The number of morpholine rings is 1. The fraction of sp³-hybridized carbons (Fsp3) is 0.571. The number of ether oxygens (including phenoxy) is 2. The van der Waals surface area contributed by atoms with Crippen molar-refractivity contribution in [3.63, 3.8) is 0 Å². The van der Waals surface area contributed by atoms with Crippen LogP contribution in [0.25, 0.3) is 0 Å². The van der Waals surface area contributed by atoms with Crippen molar-refractivity contribution in [3.05, 3.63) is 18.2 Å². The lowest BCUT2D eigenvalue weighted by molar-refractivity contribution is 0.0989. The van der Waals surface area contributed by atoms with Crippen molar-refractivity contribution in [2.75, 3.05) is 37.0 Å². The summed E-state index contributed by atoms with van der Waals surface area (Å²) in [6.07, 6.45) is 0.998. The Morgan fingerprint density at radius 3 is 3.00 bits per heavy atom. The molecule has 0 bridgehead atoms. The van der Waals surface area contributed by atoms with Crippen molar-refractivity contribution in [1.82, 2.24) is 0 Å². The Hall–Kier alpha value is -1.42. The number of rotatable bonds is 4. The average Bonchev–Trinajstić information content (AvgIpc) is 2.36. The predicted molar refractivity (Wildman–Crippen MR) is 74.3 cm³/mol. The van der Waals surface area contributed by atoms with Crippen LogP contribution in [0.4, 0.5) is 11.4 Å². The second kappa shape index (κ2) is 5.96. The zero-order chi connectivity index (χ0) is 13.0. The summed E-state index contributed by atoms with van der Waals surface area (Å²) in [7, 11) is 0. The van der Waals surface area contributed by atoms with Gasteiger partial charge >= 0.3 is 0 Å². The molecule has 2 N–H and O–H groups in total. The first-order chi connectivity index (χ1) is 8.70. The van der Waals surface area contributed by atoms with Crippen LogP contribution in [0.3, 0.4) is 0 Å². The molecule has 18 heavy (non-hydrogen) atoms. The van der Waals surface area contributed by atoms with E-state index in [4.69, 9.17) is 15.2 Å². The van der Waals surface area contributed by atoms with E-state index in [9.17, 15) is 0 Å². The maximum atomic E-state index is 5.95. The van der Waals surface area contributed by atoms with Gasteiger partial charge in [0.05, 0.1) is 19.8 Å². The van der Waals surface area contributed by atoms with Crippen LogP contribution in [0.5, 0.6) is 5.75 Å². The molecule has 1 fully saturated rings. The summed E-state index contributed by atoms with van der Waals surface area (Å²) in [4.78, 5) is 2.32. The summed E-state index contributed by atoms with van der Waals surface area (Å²) >= 11 is 0. The molecule has 0 aromatic heterocycles. The van der Waals surface area contributed by atoms with E-state index in [0.717, 1.165) is 49.9 Å². The smallest absolute Gasteiger partial charge is 0.123 e. The summed E-state index contributed by atoms with van der Waals surface area (Å²) < 4.78 is 11.1. The fourth-order valence-electron chi connectivity index (χ4n) is 2.19. The Bertz CT molecular complexity index is 395. The van der Waals surface area contributed by atoms with Gasteiger partial charge in [0.1, 0.15) is 5.75 Å². The minimum atomic E-state index is 0.375.